The molecule has 1 fully saturated rings. The number of aliphatic hydroxyl groups excluding tert-OH is 1. The molecule has 0 spiro atoms. The molecule has 1 aromatic rings. The third-order valence-electron chi connectivity index (χ3n) is 3.24. The second kappa shape index (κ2) is 5.88. The minimum atomic E-state index is -3.48. The molecule has 0 amide bonds. The average Bonchev–Trinajstić information content (AvgIpc) is 2.78. The van der Waals surface area contributed by atoms with Gasteiger partial charge in [-0.2, -0.15) is 0 Å². The Morgan fingerprint density at radius 1 is 1.42 bits per heavy atom. The Balaban J connectivity index is 2.12. The smallest absolute Gasteiger partial charge is 0.250 e. The van der Waals surface area contributed by atoms with Crippen molar-refractivity contribution in [3.8, 4) is 0 Å². The van der Waals surface area contributed by atoms with Gasteiger partial charge in [0.25, 0.3) is 10.0 Å². The first-order valence-electron chi connectivity index (χ1n) is 6.26. The molecule has 0 unspecified atom stereocenters. The minimum Gasteiger partial charge on any atom is -0.396 e. The van der Waals surface area contributed by atoms with Crippen LogP contribution in [0.2, 0.25) is 0 Å². The van der Waals surface area contributed by atoms with E-state index in [9.17, 15) is 8.42 Å². The Kier molecular flexibility index (Phi) is 4.62. The first kappa shape index (κ1) is 14.9. The molecule has 5 nitrogen and oxygen atoms in total. The lowest BCUT2D eigenvalue weighted by atomic mass is 9.94. The van der Waals surface area contributed by atoms with Crippen molar-refractivity contribution >= 4 is 21.4 Å². The van der Waals surface area contributed by atoms with Crippen LogP contribution in [-0.2, 0) is 21.2 Å². The van der Waals surface area contributed by atoms with Gasteiger partial charge in [-0.1, -0.05) is 0 Å². The van der Waals surface area contributed by atoms with Gasteiger partial charge in [0.2, 0.25) is 0 Å². The summed E-state index contributed by atoms with van der Waals surface area (Å²) >= 11 is 1.21. The van der Waals surface area contributed by atoms with Gasteiger partial charge in [-0.25, -0.2) is 13.1 Å². The van der Waals surface area contributed by atoms with Crippen LogP contribution in [-0.4, -0.2) is 38.9 Å². The largest absolute Gasteiger partial charge is 0.396 e. The molecule has 1 aliphatic rings. The normalized spacial score (nSPS) is 19.5. The van der Waals surface area contributed by atoms with Gasteiger partial charge in [0.05, 0.1) is 0 Å². The Morgan fingerprint density at radius 3 is 2.74 bits per heavy atom. The number of sulfonamides is 1. The van der Waals surface area contributed by atoms with Crippen LogP contribution in [0.4, 0.5) is 0 Å². The van der Waals surface area contributed by atoms with E-state index in [-0.39, 0.29) is 6.61 Å². The molecular weight excluding hydrogens is 286 g/mol. The standard InChI is InChI=1S/C12H19NO4S2/c1-12(5-8-17-9-6-12)13-19(15,16)11-3-2-10(18-11)4-7-14/h2-3,13-14H,4-9H2,1H3. The maximum Gasteiger partial charge on any atom is 0.250 e. The van der Waals surface area contributed by atoms with Crippen molar-refractivity contribution in [3.63, 3.8) is 0 Å². The van der Waals surface area contributed by atoms with Gasteiger partial charge in [-0.3, -0.25) is 0 Å². The number of thiophene rings is 1. The summed E-state index contributed by atoms with van der Waals surface area (Å²) < 4.78 is 33.0. The summed E-state index contributed by atoms with van der Waals surface area (Å²) in [6.07, 6.45) is 1.85. The van der Waals surface area contributed by atoms with E-state index >= 15 is 0 Å². The van der Waals surface area contributed by atoms with Crippen LogP contribution in [0.3, 0.4) is 0 Å². The number of aliphatic hydroxyl groups is 1. The predicted molar refractivity (Wildman–Crippen MR) is 73.9 cm³/mol. The highest BCUT2D eigenvalue weighted by molar-refractivity contribution is 7.91. The summed E-state index contributed by atoms with van der Waals surface area (Å²) in [6.45, 7) is 3.11. The highest BCUT2D eigenvalue weighted by Gasteiger charge is 2.33. The maximum atomic E-state index is 12.3. The molecule has 2 rings (SSSR count). The number of rotatable bonds is 5. The Labute approximate surface area is 117 Å². The van der Waals surface area contributed by atoms with Crippen molar-refractivity contribution in [1.29, 1.82) is 0 Å². The summed E-state index contributed by atoms with van der Waals surface area (Å²) in [4.78, 5) is 0.875. The van der Waals surface area contributed by atoms with Crippen LogP contribution in [0.1, 0.15) is 24.6 Å². The topological polar surface area (TPSA) is 75.6 Å². The van der Waals surface area contributed by atoms with E-state index in [0.717, 1.165) is 4.88 Å². The number of hydrogen-bond acceptors (Lipinski definition) is 5. The molecular formula is C12H19NO4S2. The molecule has 2 heterocycles. The molecule has 0 atom stereocenters. The zero-order chi connectivity index (χ0) is 13.9. The minimum absolute atomic E-state index is 0.0302. The van der Waals surface area contributed by atoms with Crippen molar-refractivity contribution in [2.24, 2.45) is 0 Å². The fourth-order valence-electron chi connectivity index (χ4n) is 2.05. The van der Waals surface area contributed by atoms with Gasteiger partial charge < -0.3 is 9.84 Å². The quantitative estimate of drug-likeness (QED) is 0.855. The summed E-state index contributed by atoms with van der Waals surface area (Å²) in [5.41, 5.74) is -0.432. The fourth-order valence-corrected chi connectivity index (χ4v) is 4.86. The SMILES string of the molecule is CC1(NS(=O)(=O)c2ccc(CCO)s2)CCOCC1. The van der Waals surface area contributed by atoms with Crippen molar-refractivity contribution in [3.05, 3.63) is 17.0 Å². The van der Waals surface area contributed by atoms with E-state index in [2.05, 4.69) is 4.72 Å². The molecule has 1 aliphatic heterocycles. The highest BCUT2D eigenvalue weighted by atomic mass is 32.2. The predicted octanol–water partition coefficient (Wildman–Crippen LogP) is 1.13. The lowest BCUT2D eigenvalue weighted by Gasteiger charge is -2.33. The van der Waals surface area contributed by atoms with Crippen LogP contribution in [0.25, 0.3) is 0 Å². The average molecular weight is 305 g/mol. The lowest BCUT2D eigenvalue weighted by molar-refractivity contribution is 0.0538. The number of ether oxygens (including phenoxy) is 1. The van der Waals surface area contributed by atoms with Crippen molar-refractivity contribution in [1.82, 2.24) is 4.72 Å². The molecule has 19 heavy (non-hydrogen) atoms. The van der Waals surface area contributed by atoms with E-state index < -0.39 is 15.6 Å². The van der Waals surface area contributed by atoms with Crippen LogP contribution in [0.5, 0.6) is 0 Å². The van der Waals surface area contributed by atoms with E-state index in [1.54, 1.807) is 12.1 Å². The monoisotopic (exact) mass is 305 g/mol. The van der Waals surface area contributed by atoms with E-state index in [4.69, 9.17) is 9.84 Å². The summed E-state index contributed by atoms with van der Waals surface area (Å²) in [5, 5.41) is 8.86. The number of nitrogens with one attached hydrogen (secondary N) is 1. The molecule has 1 aromatic heterocycles. The van der Waals surface area contributed by atoms with Crippen LogP contribution >= 0.6 is 11.3 Å². The molecule has 1 saturated heterocycles. The Hall–Kier alpha value is -0.470. The Bertz CT molecular complexity index is 518. The van der Waals surface area contributed by atoms with Gasteiger partial charge in [0.1, 0.15) is 4.21 Å². The molecule has 0 saturated carbocycles. The molecule has 0 aliphatic carbocycles. The lowest BCUT2D eigenvalue weighted by Crippen LogP contribution is -2.49. The van der Waals surface area contributed by atoms with Crippen LogP contribution in [0, 0.1) is 0 Å². The molecule has 0 bridgehead atoms. The first-order chi connectivity index (χ1) is 8.95. The van der Waals surface area contributed by atoms with Crippen LogP contribution < -0.4 is 4.72 Å². The van der Waals surface area contributed by atoms with Gasteiger partial charge >= 0.3 is 0 Å². The number of hydrogen-bond donors (Lipinski definition) is 2. The molecule has 0 radical (unpaired) electrons. The second-order valence-electron chi connectivity index (χ2n) is 4.97. The molecule has 108 valence electrons. The van der Waals surface area contributed by atoms with Gasteiger partial charge in [0, 0.05) is 36.7 Å². The summed E-state index contributed by atoms with van der Waals surface area (Å²) in [5.74, 6) is 0. The molecule has 0 aromatic carbocycles. The van der Waals surface area contributed by atoms with Crippen molar-refractivity contribution < 1.29 is 18.3 Å². The van der Waals surface area contributed by atoms with Crippen molar-refractivity contribution in [2.75, 3.05) is 19.8 Å². The third kappa shape index (κ3) is 3.76. The maximum absolute atomic E-state index is 12.3. The van der Waals surface area contributed by atoms with E-state index in [1.165, 1.54) is 11.3 Å². The zero-order valence-corrected chi connectivity index (χ0v) is 12.5. The van der Waals surface area contributed by atoms with E-state index in [1.807, 2.05) is 6.92 Å². The molecule has 2 N–H and O–H groups in total. The van der Waals surface area contributed by atoms with Gasteiger partial charge in [-0.15, -0.1) is 11.3 Å². The summed E-state index contributed by atoms with van der Waals surface area (Å²) in [7, 11) is -3.48. The third-order valence-corrected chi connectivity index (χ3v) is 6.51. The highest BCUT2D eigenvalue weighted by Crippen LogP contribution is 2.26. The van der Waals surface area contributed by atoms with E-state index in [0.29, 0.717) is 36.7 Å². The summed E-state index contributed by atoms with van der Waals surface area (Å²) in [6, 6.07) is 3.35. The second-order valence-corrected chi connectivity index (χ2v) is 8.05. The van der Waals surface area contributed by atoms with Crippen molar-refractivity contribution in [2.45, 2.75) is 35.9 Å². The van der Waals surface area contributed by atoms with Crippen LogP contribution in [0.15, 0.2) is 16.3 Å². The fraction of sp³-hybridized carbons (Fsp3) is 0.667. The Morgan fingerprint density at radius 2 is 2.11 bits per heavy atom. The van der Waals surface area contributed by atoms with Gasteiger partial charge in [-0.05, 0) is 31.9 Å². The molecule has 7 heteroatoms. The first-order valence-corrected chi connectivity index (χ1v) is 8.56. The van der Waals surface area contributed by atoms with Gasteiger partial charge in [0.15, 0.2) is 0 Å². The zero-order valence-electron chi connectivity index (χ0n) is 10.9.